The fourth-order valence-electron chi connectivity index (χ4n) is 3.53. The molecule has 1 saturated heterocycles. The molecular formula is C19H26N3OS+. The molecule has 2 aromatic rings. The molecule has 0 radical (unpaired) electrons. The summed E-state index contributed by atoms with van der Waals surface area (Å²) in [6.45, 7) is 7.37. The molecule has 4 nitrogen and oxygen atoms in total. The summed E-state index contributed by atoms with van der Waals surface area (Å²) in [6.07, 6.45) is 4.33. The van der Waals surface area contributed by atoms with Crippen molar-refractivity contribution in [3.05, 3.63) is 53.5 Å². The van der Waals surface area contributed by atoms with E-state index in [9.17, 15) is 0 Å². The van der Waals surface area contributed by atoms with Crippen molar-refractivity contribution in [2.45, 2.75) is 32.7 Å². The van der Waals surface area contributed by atoms with Crippen molar-refractivity contribution in [2.75, 3.05) is 25.0 Å². The summed E-state index contributed by atoms with van der Waals surface area (Å²) < 4.78 is 5.67. The van der Waals surface area contributed by atoms with E-state index in [2.05, 4.69) is 48.7 Å². The normalized spacial score (nSPS) is 16.1. The number of benzene rings is 1. The van der Waals surface area contributed by atoms with Crippen molar-refractivity contribution >= 4 is 23.0 Å². The third kappa shape index (κ3) is 4.36. The third-order valence-electron chi connectivity index (χ3n) is 4.57. The van der Waals surface area contributed by atoms with Gasteiger partial charge in [0.2, 0.25) is 0 Å². The van der Waals surface area contributed by atoms with E-state index in [1.54, 1.807) is 11.2 Å². The van der Waals surface area contributed by atoms with Crippen LogP contribution in [-0.4, -0.2) is 24.7 Å². The van der Waals surface area contributed by atoms with Crippen molar-refractivity contribution in [1.82, 2.24) is 5.32 Å². The molecule has 3 N–H and O–H groups in total. The summed E-state index contributed by atoms with van der Waals surface area (Å²) in [4.78, 5) is 1.58. The van der Waals surface area contributed by atoms with Crippen molar-refractivity contribution < 1.29 is 9.32 Å². The lowest BCUT2D eigenvalue weighted by Crippen LogP contribution is -3.11. The minimum atomic E-state index is 0.307. The Labute approximate surface area is 149 Å². The molecule has 2 heterocycles. The fourth-order valence-corrected chi connectivity index (χ4v) is 3.73. The number of hydrogen-bond donors (Lipinski definition) is 3. The summed E-state index contributed by atoms with van der Waals surface area (Å²) in [5.41, 5.74) is 3.50. The number of rotatable bonds is 5. The first-order chi connectivity index (χ1) is 11.6. The Balaban J connectivity index is 1.60. The van der Waals surface area contributed by atoms with Crippen molar-refractivity contribution in [2.24, 2.45) is 0 Å². The fraction of sp³-hybridized carbons (Fsp3) is 0.421. The third-order valence-corrected chi connectivity index (χ3v) is 4.82. The zero-order valence-corrected chi connectivity index (χ0v) is 15.2. The number of hydrogen-bond acceptors (Lipinski definition) is 2. The van der Waals surface area contributed by atoms with Crippen LogP contribution in [0.1, 0.15) is 35.8 Å². The summed E-state index contributed by atoms with van der Waals surface area (Å²) in [7, 11) is 0. The van der Waals surface area contributed by atoms with Crippen LogP contribution >= 0.6 is 12.2 Å². The second kappa shape index (κ2) is 7.81. The van der Waals surface area contributed by atoms with Gasteiger partial charge < -0.3 is 20.0 Å². The van der Waals surface area contributed by atoms with Gasteiger partial charge in [-0.05, 0) is 61.5 Å². The van der Waals surface area contributed by atoms with Crippen LogP contribution in [0.5, 0.6) is 0 Å². The number of thiocarbonyl (C=S) groups is 1. The lowest BCUT2D eigenvalue weighted by atomic mass is 10.1. The van der Waals surface area contributed by atoms with E-state index in [4.69, 9.17) is 16.6 Å². The first kappa shape index (κ1) is 17.0. The Morgan fingerprint density at radius 3 is 2.54 bits per heavy atom. The van der Waals surface area contributed by atoms with Crippen LogP contribution in [0.15, 0.2) is 41.0 Å². The first-order valence-electron chi connectivity index (χ1n) is 8.63. The molecular weight excluding hydrogens is 318 g/mol. The molecule has 3 rings (SSSR count). The van der Waals surface area contributed by atoms with Gasteiger partial charge in [-0.3, -0.25) is 0 Å². The predicted molar refractivity (Wildman–Crippen MR) is 102 cm³/mol. The maximum atomic E-state index is 5.67. The molecule has 24 heavy (non-hydrogen) atoms. The van der Waals surface area contributed by atoms with Gasteiger partial charge in [-0.2, -0.15) is 0 Å². The number of nitrogens with one attached hydrogen (secondary N) is 3. The second-order valence-corrected chi connectivity index (χ2v) is 7.05. The number of aryl methyl sites for hydroxylation is 2. The van der Waals surface area contributed by atoms with E-state index in [1.165, 1.54) is 37.1 Å². The smallest absolute Gasteiger partial charge is 0.171 e. The highest BCUT2D eigenvalue weighted by Gasteiger charge is 2.29. The van der Waals surface area contributed by atoms with Gasteiger partial charge in [0.15, 0.2) is 16.9 Å². The highest BCUT2D eigenvalue weighted by atomic mass is 32.1. The molecule has 5 heteroatoms. The molecule has 128 valence electrons. The van der Waals surface area contributed by atoms with Crippen LogP contribution in [0.4, 0.5) is 5.69 Å². The van der Waals surface area contributed by atoms with Crippen LogP contribution in [0.2, 0.25) is 0 Å². The number of likely N-dealkylation sites (tertiary alicyclic amines) is 1. The highest BCUT2D eigenvalue weighted by molar-refractivity contribution is 7.80. The molecule has 0 unspecified atom stereocenters. The molecule has 1 aromatic carbocycles. The van der Waals surface area contributed by atoms with Gasteiger partial charge in [0, 0.05) is 18.5 Å². The monoisotopic (exact) mass is 344 g/mol. The van der Waals surface area contributed by atoms with E-state index in [1.807, 2.05) is 6.07 Å². The van der Waals surface area contributed by atoms with Gasteiger partial charge in [0.1, 0.15) is 0 Å². The lowest BCUT2D eigenvalue weighted by molar-refractivity contribution is -0.919. The Morgan fingerprint density at radius 1 is 1.21 bits per heavy atom. The van der Waals surface area contributed by atoms with E-state index in [0.29, 0.717) is 11.2 Å². The second-order valence-electron chi connectivity index (χ2n) is 6.64. The highest BCUT2D eigenvalue weighted by Crippen LogP contribution is 2.14. The topological polar surface area (TPSA) is 41.6 Å². The van der Waals surface area contributed by atoms with Crippen LogP contribution in [0.3, 0.4) is 0 Å². The maximum absolute atomic E-state index is 5.67. The molecule has 0 bridgehead atoms. The van der Waals surface area contributed by atoms with Gasteiger partial charge in [-0.1, -0.05) is 6.07 Å². The Kier molecular flexibility index (Phi) is 5.53. The molecule has 0 aliphatic carbocycles. The minimum absolute atomic E-state index is 0.307. The van der Waals surface area contributed by atoms with E-state index in [0.717, 1.165) is 18.0 Å². The average Bonchev–Trinajstić information content (AvgIpc) is 3.19. The first-order valence-corrected chi connectivity index (χ1v) is 9.04. The van der Waals surface area contributed by atoms with Crippen molar-refractivity contribution in [3.8, 4) is 0 Å². The maximum Gasteiger partial charge on any atom is 0.171 e. The van der Waals surface area contributed by atoms with Gasteiger partial charge >= 0.3 is 0 Å². The zero-order valence-electron chi connectivity index (χ0n) is 14.4. The standard InChI is InChI=1S/C19H25N3OS/c1-14-10-15(2)12-16(11-14)21-19(24)20-13-17(18-6-5-9-23-18)22-7-3-4-8-22/h5-6,9-12,17H,3-4,7-8,13H2,1-2H3,(H2,20,21,24)/p+1/t17-/m0/s1. The zero-order chi connectivity index (χ0) is 16.9. The summed E-state index contributed by atoms with van der Waals surface area (Å²) >= 11 is 5.48. The number of anilines is 1. The molecule has 1 atom stereocenters. The Hall–Kier alpha value is -1.85. The molecule has 1 aromatic heterocycles. The lowest BCUT2D eigenvalue weighted by Gasteiger charge is -2.24. The summed E-state index contributed by atoms with van der Waals surface area (Å²) in [5.74, 6) is 1.04. The SMILES string of the molecule is Cc1cc(C)cc(NC(=S)NC[C@@H](c2ccco2)[NH+]2CCCC2)c1. The molecule has 1 aliphatic rings. The number of quaternary nitrogens is 1. The predicted octanol–water partition coefficient (Wildman–Crippen LogP) is 2.60. The molecule has 1 fully saturated rings. The molecule has 0 saturated carbocycles. The molecule has 0 amide bonds. The summed E-state index contributed by atoms with van der Waals surface area (Å²) in [6, 6.07) is 10.7. The van der Waals surface area contributed by atoms with Crippen LogP contribution in [0, 0.1) is 13.8 Å². The van der Waals surface area contributed by atoms with E-state index < -0.39 is 0 Å². The largest absolute Gasteiger partial charge is 0.463 e. The summed E-state index contributed by atoms with van der Waals surface area (Å²) in [5, 5.41) is 7.33. The van der Waals surface area contributed by atoms with Crippen molar-refractivity contribution in [3.63, 3.8) is 0 Å². The Bertz CT molecular complexity index is 658. The molecule has 1 aliphatic heterocycles. The van der Waals surface area contributed by atoms with Gasteiger partial charge in [0.05, 0.1) is 25.9 Å². The van der Waals surface area contributed by atoms with Crippen molar-refractivity contribution in [1.29, 1.82) is 0 Å². The Morgan fingerprint density at radius 2 is 1.92 bits per heavy atom. The quantitative estimate of drug-likeness (QED) is 0.730. The van der Waals surface area contributed by atoms with E-state index in [-0.39, 0.29) is 0 Å². The van der Waals surface area contributed by atoms with E-state index >= 15 is 0 Å². The number of furan rings is 1. The van der Waals surface area contributed by atoms with Crippen LogP contribution in [-0.2, 0) is 0 Å². The van der Waals surface area contributed by atoms with Crippen LogP contribution in [0.25, 0.3) is 0 Å². The average molecular weight is 345 g/mol. The molecule has 0 spiro atoms. The van der Waals surface area contributed by atoms with Gasteiger partial charge in [-0.15, -0.1) is 0 Å². The van der Waals surface area contributed by atoms with Crippen LogP contribution < -0.4 is 15.5 Å². The van der Waals surface area contributed by atoms with Gasteiger partial charge in [0.25, 0.3) is 0 Å². The minimum Gasteiger partial charge on any atom is -0.463 e. The van der Waals surface area contributed by atoms with Gasteiger partial charge in [-0.25, -0.2) is 0 Å².